The van der Waals surface area contributed by atoms with Crippen LogP contribution in [0.25, 0.3) is 5.69 Å². The minimum Gasteiger partial charge on any atom is -0.347 e. The number of hydrogen-bond acceptors (Lipinski definition) is 4. The maximum atomic E-state index is 5.52. The molecule has 1 aromatic heterocycles. The highest BCUT2D eigenvalue weighted by atomic mass is 16.7. The van der Waals surface area contributed by atoms with Crippen molar-refractivity contribution >= 4 is 0 Å². The van der Waals surface area contributed by atoms with E-state index in [4.69, 9.17) is 9.47 Å². The van der Waals surface area contributed by atoms with Gasteiger partial charge in [0.2, 0.25) is 6.29 Å². The standard InChI is InChI=1S/C15H21N3O2/c1-4-12-7-9-13(10-8-12)18-11-14(16-17-18)15(19-5-2)20-6-3/h7-11,15H,4-6H2,1-3H3. The van der Waals surface area contributed by atoms with E-state index in [1.807, 2.05) is 32.2 Å². The molecule has 0 unspecified atom stereocenters. The van der Waals surface area contributed by atoms with Crippen LogP contribution in [0.4, 0.5) is 0 Å². The van der Waals surface area contributed by atoms with Gasteiger partial charge in [0.25, 0.3) is 0 Å². The van der Waals surface area contributed by atoms with Crippen molar-refractivity contribution < 1.29 is 9.47 Å². The molecular formula is C15H21N3O2. The first-order valence-electron chi connectivity index (χ1n) is 7.03. The van der Waals surface area contributed by atoms with E-state index in [2.05, 4.69) is 29.4 Å². The Kier molecular flexibility index (Phi) is 5.26. The first-order valence-corrected chi connectivity index (χ1v) is 7.03. The Morgan fingerprint density at radius 2 is 1.70 bits per heavy atom. The van der Waals surface area contributed by atoms with E-state index in [1.54, 1.807) is 4.68 Å². The zero-order valence-corrected chi connectivity index (χ0v) is 12.2. The van der Waals surface area contributed by atoms with Crippen molar-refractivity contribution in [1.29, 1.82) is 0 Å². The highest BCUT2D eigenvalue weighted by molar-refractivity contribution is 5.33. The summed E-state index contributed by atoms with van der Waals surface area (Å²) in [7, 11) is 0. The summed E-state index contributed by atoms with van der Waals surface area (Å²) in [5, 5.41) is 8.27. The molecule has 0 aliphatic rings. The van der Waals surface area contributed by atoms with Crippen LogP contribution < -0.4 is 0 Å². The molecule has 0 saturated heterocycles. The van der Waals surface area contributed by atoms with Crippen LogP contribution in [0.1, 0.15) is 38.3 Å². The summed E-state index contributed by atoms with van der Waals surface area (Å²) in [6.45, 7) is 7.14. The molecule has 0 bridgehead atoms. The van der Waals surface area contributed by atoms with Gasteiger partial charge in [-0.05, 0) is 38.0 Å². The first-order chi connectivity index (χ1) is 9.78. The summed E-state index contributed by atoms with van der Waals surface area (Å²) < 4.78 is 12.8. The topological polar surface area (TPSA) is 49.2 Å². The predicted octanol–water partition coefficient (Wildman–Crippen LogP) is 2.90. The van der Waals surface area contributed by atoms with Crippen molar-refractivity contribution in [2.45, 2.75) is 33.5 Å². The van der Waals surface area contributed by atoms with Crippen molar-refractivity contribution in [3.8, 4) is 5.69 Å². The maximum absolute atomic E-state index is 5.52. The van der Waals surface area contributed by atoms with Gasteiger partial charge in [0.15, 0.2) is 0 Å². The molecule has 2 aromatic rings. The Bertz CT molecular complexity index is 516. The highest BCUT2D eigenvalue weighted by Crippen LogP contribution is 2.17. The van der Waals surface area contributed by atoms with E-state index in [0.717, 1.165) is 12.1 Å². The van der Waals surface area contributed by atoms with Gasteiger partial charge in [-0.15, -0.1) is 5.10 Å². The third-order valence-electron chi connectivity index (χ3n) is 3.00. The second kappa shape index (κ2) is 7.17. The largest absolute Gasteiger partial charge is 0.347 e. The monoisotopic (exact) mass is 275 g/mol. The van der Waals surface area contributed by atoms with Crippen LogP contribution >= 0.6 is 0 Å². The Labute approximate surface area is 119 Å². The van der Waals surface area contributed by atoms with Crippen LogP contribution in [-0.4, -0.2) is 28.2 Å². The fraction of sp³-hybridized carbons (Fsp3) is 0.467. The molecule has 0 amide bonds. The summed E-state index contributed by atoms with van der Waals surface area (Å²) in [5.74, 6) is 0. The molecule has 5 heteroatoms. The molecule has 0 radical (unpaired) electrons. The zero-order valence-electron chi connectivity index (χ0n) is 12.2. The molecule has 0 spiro atoms. The van der Waals surface area contributed by atoms with E-state index < -0.39 is 6.29 Å². The molecule has 5 nitrogen and oxygen atoms in total. The van der Waals surface area contributed by atoms with Gasteiger partial charge in [0.05, 0.1) is 11.9 Å². The molecule has 0 aliphatic heterocycles. The average molecular weight is 275 g/mol. The molecule has 1 aromatic carbocycles. The van der Waals surface area contributed by atoms with E-state index >= 15 is 0 Å². The van der Waals surface area contributed by atoms with Crippen molar-refractivity contribution in [3.63, 3.8) is 0 Å². The molecule has 0 atom stereocenters. The number of benzene rings is 1. The van der Waals surface area contributed by atoms with Crippen LogP contribution in [0.3, 0.4) is 0 Å². The maximum Gasteiger partial charge on any atom is 0.204 e. The van der Waals surface area contributed by atoms with Crippen LogP contribution in [-0.2, 0) is 15.9 Å². The lowest BCUT2D eigenvalue weighted by molar-refractivity contribution is -0.142. The predicted molar refractivity (Wildman–Crippen MR) is 76.7 cm³/mol. The van der Waals surface area contributed by atoms with Gasteiger partial charge in [0, 0.05) is 13.2 Å². The fourth-order valence-electron chi connectivity index (χ4n) is 1.92. The van der Waals surface area contributed by atoms with Gasteiger partial charge in [-0.3, -0.25) is 0 Å². The molecule has 20 heavy (non-hydrogen) atoms. The SMILES string of the molecule is CCOC(OCC)c1cn(-c2ccc(CC)cc2)nn1. The van der Waals surface area contributed by atoms with Gasteiger partial charge in [-0.2, -0.15) is 0 Å². The van der Waals surface area contributed by atoms with Crippen LogP contribution in [0.15, 0.2) is 30.5 Å². The zero-order chi connectivity index (χ0) is 14.4. The van der Waals surface area contributed by atoms with Gasteiger partial charge < -0.3 is 9.47 Å². The molecule has 0 fully saturated rings. The van der Waals surface area contributed by atoms with E-state index in [0.29, 0.717) is 18.9 Å². The Hall–Kier alpha value is -1.72. The second-order valence-corrected chi connectivity index (χ2v) is 4.35. The van der Waals surface area contributed by atoms with Crippen LogP contribution in [0.2, 0.25) is 0 Å². The van der Waals surface area contributed by atoms with Crippen LogP contribution in [0.5, 0.6) is 0 Å². The van der Waals surface area contributed by atoms with Crippen molar-refractivity contribution in [3.05, 3.63) is 41.7 Å². The number of hydrogen-bond donors (Lipinski definition) is 0. The lowest BCUT2D eigenvalue weighted by Crippen LogP contribution is -2.09. The Balaban J connectivity index is 2.17. The summed E-state index contributed by atoms with van der Waals surface area (Å²) in [6, 6.07) is 8.26. The molecule has 0 N–H and O–H groups in total. The van der Waals surface area contributed by atoms with Crippen LogP contribution in [0, 0.1) is 0 Å². The number of rotatable bonds is 7. The van der Waals surface area contributed by atoms with E-state index in [9.17, 15) is 0 Å². The van der Waals surface area contributed by atoms with Gasteiger partial charge >= 0.3 is 0 Å². The van der Waals surface area contributed by atoms with Crippen molar-refractivity contribution in [2.24, 2.45) is 0 Å². The minimum absolute atomic E-state index is 0.450. The third kappa shape index (κ3) is 3.43. The average Bonchev–Trinajstić information content (AvgIpc) is 2.97. The van der Waals surface area contributed by atoms with Gasteiger partial charge in [-0.25, -0.2) is 4.68 Å². The molecule has 0 aliphatic carbocycles. The summed E-state index contributed by atoms with van der Waals surface area (Å²) in [6.07, 6.45) is 2.42. The summed E-state index contributed by atoms with van der Waals surface area (Å²) >= 11 is 0. The molecule has 108 valence electrons. The number of aryl methyl sites for hydroxylation is 1. The first kappa shape index (κ1) is 14.7. The third-order valence-corrected chi connectivity index (χ3v) is 3.00. The quantitative estimate of drug-likeness (QED) is 0.729. The molecular weight excluding hydrogens is 254 g/mol. The lowest BCUT2D eigenvalue weighted by Gasteiger charge is -2.13. The molecule has 1 heterocycles. The normalized spacial score (nSPS) is 11.2. The smallest absolute Gasteiger partial charge is 0.204 e. The highest BCUT2D eigenvalue weighted by Gasteiger charge is 2.16. The number of aromatic nitrogens is 3. The lowest BCUT2D eigenvalue weighted by atomic mass is 10.1. The van der Waals surface area contributed by atoms with Crippen molar-refractivity contribution in [2.75, 3.05) is 13.2 Å². The van der Waals surface area contributed by atoms with Gasteiger partial charge in [0.1, 0.15) is 5.69 Å². The minimum atomic E-state index is -0.450. The molecule has 0 saturated carbocycles. The number of ether oxygens (including phenoxy) is 2. The van der Waals surface area contributed by atoms with Crippen molar-refractivity contribution in [1.82, 2.24) is 15.0 Å². The van der Waals surface area contributed by atoms with E-state index in [-0.39, 0.29) is 0 Å². The Morgan fingerprint density at radius 3 is 2.25 bits per heavy atom. The Morgan fingerprint density at radius 1 is 1.05 bits per heavy atom. The number of nitrogens with zero attached hydrogens (tertiary/aromatic N) is 3. The fourth-order valence-corrected chi connectivity index (χ4v) is 1.92. The summed E-state index contributed by atoms with van der Waals surface area (Å²) in [5.41, 5.74) is 2.97. The van der Waals surface area contributed by atoms with E-state index in [1.165, 1.54) is 5.56 Å². The van der Waals surface area contributed by atoms with Gasteiger partial charge in [-0.1, -0.05) is 24.3 Å². The second-order valence-electron chi connectivity index (χ2n) is 4.35. The summed E-state index contributed by atoms with van der Waals surface area (Å²) in [4.78, 5) is 0. The molecule has 2 rings (SSSR count).